The standard InChI is InChI=1S/C17H24N2O3S/c1-11(2)10-19-8-6-13-15(17(19)21)14(12(3)23-13)16(20)18-7-5-9-22-4/h6,8,11H,5,7,9-10H2,1-4H3,(H,18,20). The quantitative estimate of drug-likeness (QED) is 0.791. The summed E-state index contributed by atoms with van der Waals surface area (Å²) in [5.41, 5.74) is 0.438. The molecule has 0 spiro atoms. The monoisotopic (exact) mass is 336 g/mol. The molecule has 23 heavy (non-hydrogen) atoms. The number of carbonyl (C=O) groups excluding carboxylic acids is 1. The Kier molecular flexibility index (Phi) is 5.96. The second-order valence-corrected chi connectivity index (χ2v) is 7.30. The maximum Gasteiger partial charge on any atom is 0.260 e. The fourth-order valence-electron chi connectivity index (χ4n) is 2.58. The highest BCUT2D eigenvalue weighted by atomic mass is 32.1. The van der Waals surface area contributed by atoms with Crippen molar-refractivity contribution in [3.05, 3.63) is 33.1 Å². The van der Waals surface area contributed by atoms with Gasteiger partial charge in [0.15, 0.2) is 0 Å². The zero-order chi connectivity index (χ0) is 17.0. The molecule has 0 saturated carbocycles. The largest absolute Gasteiger partial charge is 0.385 e. The summed E-state index contributed by atoms with van der Waals surface area (Å²) in [6, 6.07) is 1.93. The molecule has 6 heteroatoms. The van der Waals surface area contributed by atoms with Gasteiger partial charge in [-0.1, -0.05) is 13.8 Å². The minimum atomic E-state index is -0.177. The molecule has 126 valence electrons. The molecule has 0 unspecified atom stereocenters. The van der Waals surface area contributed by atoms with Crippen LogP contribution in [0.15, 0.2) is 17.1 Å². The smallest absolute Gasteiger partial charge is 0.260 e. The van der Waals surface area contributed by atoms with Crippen LogP contribution in [-0.4, -0.2) is 30.7 Å². The van der Waals surface area contributed by atoms with E-state index in [0.29, 0.717) is 36.6 Å². The molecule has 2 aromatic heterocycles. The van der Waals surface area contributed by atoms with Crippen LogP contribution in [0.3, 0.4) is 0 Å². The van der Waals surface area contributed by atoms with Crippen LogP contribution in [0.1, 0.15) is 35.5 Å². The first-order valence-corrected chi connectivity index (χ1v) is 8.67. The van der Waals surface area contributed by atoms with Crippen LogP contribution in [0.4, 0.5) is 0 Å². The first-order valence-electron chi connectivity index (χ1n) is 7.85. The molecule has 0 aliphatic carbocycles. The van der Waals surface area contributed by atoms with Crippen molar-refractivity contribution in [2.75, 3.05) is 20.3 Å². The first kappa shape index (κ1) is 17.7. The molecule has 0 saturated heterocycles. The van der Waals surface area contributed by atoms with Crippen LogP contribution >= 0.6 is 11.3 Å². The van der Waals surface area contributed by atoms with Crippen LogP contribution in [0, 0.1) is 12.8 Å². The van der Waals surface area contributed by atoms with Gasteiger partial charge in [0, 0.05) is 42.6 Å². The summed E-state index contributed by atoms with van der Waals surface area (Å²) in [7, 11) is 1.63. The number of thiophene rings is 1. The lowest BCUT2D eigenvalue weighted by Gasteiger charge is -2.09. The van der Waals surface area contributed by atoms with Gasteiger partial charge < -0.3 is 14.6 Å². The van der Waals surface area contributed by atoms with E-state index < -0.39 is 0 Å². The molecule has 0 bridgehead atoms. The molecule has 0 radical (unpaired) electrons. The van der Waals surface area contributed by atoms with Crippen molar-refractivity contribution in [1.29, 1.82) is 0 Å². The summed E-state index contributed by atoms with van der Waals surface area (Å²) in [4.78, 5) is 26.1. The number of hydrogen-bond donors (Lipinski definition) is 1. The number of aryl methyl sites for hydroxylation is 1. The Bertz CT molecular complexity index is 746. The second kappa shape index (κ2) is 7.75. The molecular weight excluding hydrogens is 312 g/mol. The highest BCUT2D eigenvalue weighted by Gasteiger charge is 2.19. The molecule has 0 aromatic carbocycles. The van der Waals surface area contributed by atoms with Gasteiger partial charge in [0.05, 0.1) is 10.9 Å². The number of aromatic nitrogens is 1. The van der Waals surface area contributed by atoms with Crippen LogP contribution in [-0.2, 0) is 11.3 Å². The van der Waals surface area contributed by atoms with E-state index in [2.05, 4.69) is 19.2 Å². The zero-order valence-electron chi connectivity index (χ0n) is 14.1. The summed E-state index contributed by atoms with van der Waals surface area (Å²) in [5, 5.41) is 3.42. The number of fused-ring (bicyclic) bond motifs is 1. The average molecular weight is 336 g/mol. The van der Waals surface area contributed by atoms with Crippen LogP contribution in [0.5, 0.6) is 0 Å². The third-order valence-electron chi connectivity index (χ3n) is 3.59. The Labute approximate surface area is 140 Å². The fourth-order valence-corrected chi connectivity index (χ4v) is 3.63. The second-order valence-electron chi connectivity index (χ2n) is 6.04. The third kappa shape index (κ3) is 4.00. The molecular formula is C17H24N2O3S. The molecule has 1 N–H and O–H groups in total. The van der Waals surface area contributed by atoms with Crippen LogP contribution in [0.2, 0.25) is 0 Å². The maximum absolute atomic E-state index is 12.7. The summed E-state index contributed by atoms with van der Waals surface area (Å²) in [6.45, 7) is 7.82. The SMILES string of the molecule is COCCCNC(=O)c1c(C)sc2ccn(CC(C)C)c(=O)c12. The van der Waals surface area contributed by atoms with E-state index in [9.17, 15) is 9.59 Å². The topological polar surface area (TPSA) is 60.3 Å². The number of pyridine rings is 1. The third-order valence-corrected chi connectivity index (χ3v) is 4.66. The Morgan fingerprint density at radius 2 is 2.17 bits per heavy atom. The predicted molar refractivity (Wildman–Crippen MR) is 94.5 cm³/mol. The van der Waals surface area contributed by atoms with E-state index in [1.807, 2.05) is 19.2 Å². The number of nitrogens with zero attached hydrogens (tertiary/aromatic N) is 1. The Hall–Kier alpha value is -1.66. The first-order chi connectivity index (χ1) is 11.0. The Balaban J connectivity index is 2.37. The molecule has 0 atom stereocenters. The molecule has 2 aromatic rings. The highest BCUT2D eigenvalue weighted by Crippen LogP contribution is 2.28. The molecule has 2 heterocycles. The van der Waals surface area contributed by atoms with Gasteiger partial charge in [-0.2, -0.15) is 0 Å². The normalized spacial score (nSPS) is 11.3. The number of hydrogen-bond acceptors (Lipinski definition) is 4. The number of ether oxygens (including phenoxy) is 1. The van der Waals surface area contributed by atoms with Gasteiger partial charge >= 0.3 is 0 Å². The van der Waals surface area contributed by atoms with Gasteiger partial charge in [-0.3, -0.25) is 9.59 Å². The van der Waals surface area contributed by atoms with Crippen molar-refractivity contribution in [1.82, 2.24) is 9.88 Å². The number of carbonyl (C=O) groups is 1. The number of nitrogens with one attached hydrogen (secondary N) is 1. The lowest BCUT2D eigenvalue weighted by molar-refractivity contribution is 0.0950. The Morgan fingerprint density at radius 1 is 1.43 bits per heavy atom. The molecule has 2 rings (SSSR count). The van der Waals surface area contributed by atoms with Crippen LogP contribution in [0.25, 0.3) is 10.1 Å². The molecule has 0 aliphatic rings. The van der Waals surface area contributed by atoms with Crippen molar-refractivity contribution in [2.24, 2.45) is 5.92 Å². The number of amides is 1. The van der Waals surface area contributed by atoms with Crippen molar-refractivity contribution in [2.45, 2.75) is 33.7 Å². The summed E-state index contributed by atoms with van der Waals surface area (Å²) >= 11 is 1.49. The minimum absolute atomic E-state index is 0.0809. The molecule has 1 amide bonds. The van der Waals surface area contributed by atoms with Crippen molar-refractivity contribution in [3.8, 4) is 0 Å². The van der Waals surface area contributed by atoms with E-state index in [1.165, 1.54) is 11.3 Å². The summed E-state index contributed by atoms with van der Waals surface area (Å²) in [5.74, 6) is 0.195. The van der Waals surface area contributed by atoms with Gasteiger partial charge in [0.25, 0.3) is 11.5 Å². The zero-order valence-corrected chi connectivity index (χ0v) is 15.0. The van der Waals surface area contributed by atoms with Gasteiger partial charge in [-0.25, -0.2) is 0 Å². The van der Waals surface area contributed by atoms with E-state index in [4.69, 9.17) is 4.74 Å². The van der Waals surface area contributed by atoms with Gasteiger partial charge in [0.2, 0.25) is 0 Å². The lowest BCUT2D eigenvalue weighted by atomic mass is 10.1. The molecule has 5 nitrogen and oxygen atoms in total. The lowest BCUT2D eigenvalue weighted by Crippen LogP contribution is -2.28. The summed E-state index contributed by atoms with van der Waals surface area (Å²) < 4.78 is 7.54. The average Bonchev–Trinajstić information content (AvgIpc) is 2.83. The Morgan fingerprint density at radius 3 is 2.83 bits per heavy atom. The van der Waals surface area contributed by atoms with Crippen molar-refractivity contribution >= 4 is 27.3 Å². The fraction of sp³-hybridized carbons (Fsp3) is 0.529. The van der Waals surface area contributed by atoms with Crippen molar-refractivity contribution in [3.63, 3.8) is 0 Å². The molecule has 0 fully saturated rings. The predicted octanol–water partition coefficient (Wildman–Crippen LogP) is 2.79. The van der Waals surface area contributed by atoms with E-state index >= 15 is 0 Å². The van der Waals surface area contributed by atoms with E-state index in [0.717, 1.165) is 16.0 Å². The maximum atomic E-state index is 12.7. The van der Waals surface area contributed by atoms with E-state index in [-0.39, 0.29) is 11.5 Å². The highest BCUT2D eigenvalue weighted by molar-refractivity contribution is 7.19. The number of rotatable bonds is 7. The van der Waals surface area contributed by atoms with Gasteiger partial charge in [-0.15, -0.1) is 11.3 Å². The number of methoxy groups -OCH3 is 1. The van der Waals surface area contributed by atoms with Crippen LogP contribution < -0.4 is 10.9 Å². The minimum Gasteiger partial charge on any atom is -0.385 e. The van der Waals surface area contributed by atoms with Crippen molar-refractivity contribution < 1.29 is 9.53 Å². The summed E-state index contributed by atoms with van der Waals surface area (Å²) in [6.07, 6.45) is 2.57. The van der Waals surface area contributed by atoms with E-state index in [1.54, 1.807) is 11.7 Å². The van der Waals surface area contributed by atoms with Gasteiger partial charge in [-0.05, 0) is 25.3 Å². The molecule has 0 aliphatic heterocycles. The van der Waals surface area contributed by atoms with Gasteiger partial charge in [0.1, 0.15) is 0 Å².